The van der Waals surface area contributed by atoms with Gasteiger partial charge in [-0.3, -0.25) is 9.59 Å². The van der Waals surface area contributed by atoms with Gasteiger partial charge in [0.15, 0.2) is 14.6 Å². The first kappa shape index (κ1) is 25.6. The molecular formula is C23H27N3O6S2. The lowest BCUT2D eigenvalue weighted by atomic mass is 9.99. The van der Waals surface area contributed by atoms with E-state index in [1.807, 2.05) is 0 Å². The fourth-order valence-corrected chi connectivity index (χ4v) is 5.85. The van der Waals surface area contributed by atoms with Crippen LogP contribution in [0.3, 0.4) is 0 Å². The molecule has 0 spiro atoms. The van der Waals surface area contributed by atoms with Crippen LogP contribution >= 0.6 is 11.3 Å². The van der Waals surface area contributed by atoms with Crippen LogP contribution < -0.4 is 4.80 Å². The molecule has 1 aliphatic rings. The highest BCUT2D eigenvalue weighted by Gasteiger charge is 2.26. The number of thiazole rings is 1. The van der Waals surface area contributed by atoms with Crippen LogP contribution in [0.5, 0.6) is 0 Å². The molecule has 182 valence electrons. The standard InChI is InChI=1S/C23H27N3O6S2/c1-4-10-26-18-7-6-17(22(29)32-5-2)13-19(18)33-23(26)24-20(27)14-34(30,31)15-21(28)25-11-8-16(3)9-12-25/h1,6-7,13,16H,5,8-12,14-15H2,2-3H3. The minimum atomic E-state index is -3.98. The summed E-state index contributed by atoms with van der Waals surface area (Å²) in [5, 5.41) is 0. The second-order valence-electron chi connectivity index (χ2n) is 8.18. The van der Waals surface area contributed by atoms with E-state index in [2.05, 4.69) is 17.8 Å². The second kappa shape index (κ2) is 11.0. The number of esters is 1. The highest BCUT2D eigenvalue weighted by Crippen LogP contribution is 2.20. The molecule has 0 N–H and O–H groups in total. The Kier molecular flexibility index (Phi) is 8.28. The number of aromatic nitrogens is 1. The predicted molar refractivity (Wildman–Crippen MR) is 129 cm³/mol. The van der Waals surface area contributed by atoms with Crippen molar-refractivity contribution >= 4 is 49.2 Å². The van der Waals surface area contributed by atoms with Gasteiger partial charge in [0.05, 0.1) is 28.9 Å². The lowest BCUT2D eigenvalue weighted by molar-refractivity contribution is -0.129. The summed E-state index contributed by atoms with van der Waals surface area (Å²) in [5.74, 6) is -0.456. The Hall–Kier alpha value is -2.97. The number of likely N-dealkylation sites (tertiary alicyclic amines) is 1. The number of fused-ring (bicyclic) bond motifs is 1. The first-order chi connectivity index (χ1) is 16.1. The molecule has 0 atom stereocenters. The molecule has 0 aliphatic carbocycles. The lowest BCUT2D eigenvalue weighted by Crippen LogP contribution is -2.41. The van der Waals surface area contributed by atoms with Crippen molar-refractivity contribution in [1.29, 1.82) is 0 Å². The molecule has 1 fully saturated rings. The molecule has 34 heavy (non-hydrogen) atoms. The first-order valence-corrected chi connectivity index (χ1v) is 13.6. The third kappa shape index (κ3) is 6.33. The number of hydrogen-bond acceptors (Lipinski definition) is 7. The Morgan fingerprint density at radius 1 is 1.24 bits per heavy atom. The number of carbonyl (C=O) groups is 3. The van der Waals surface area contributed by atoms with Crippen molar-refractivity contribution in [1.82, 2.24) is 9.47 Å². The molecule has 0 saturated carbocycles. The van der Waals surface area contributed by atoms with Gasteiger partial charge in [-0.1, -0.05) is 24.2 Å². The summed E-state index contributed by atoms with van der Waals surface area (Å²) in [6.07, 6.45) is 7.12. The van der Waals surface area contributed by atoms with Gasteiger partial charge < -0.3 is 14.2 Å². The highest BCUT2D eigenvalue weighted by molar-refractivity contribution is 7.92. The molecule has 0 unspecified atom stereocenters. The summed E-state index contributed by atoms with van der Waals surface area (Å²) in [4.78, 5) is 42.7. The molecule has 1 aliphatic heterocycles. The monoisotopic (exact) mass is 505 g/mol. The van der Waals surface area contributed by atoms with Crippen LogP contribution in [-0.4, -0.2) is 66.9 Å². The number of carbonyl (C=O) groups excluding carboxylic acids is 3. The average Bonchev–Trinajstić information content (AvgIpc) is 3.09. The van der Waals surface area contributed by atoms with E-state index in [9.17, 15) is 22.8 Å². The lowest BCUT2D eigenvalue weighted by Gasteiger charge is -2.30. The molecule has 3 rings (SSSR count). The summed E-state index contributed by atoms with van der Waals surface area (Å²) in [7, 11) is -3.98. The topological polar surface area (TPSA) is 115 Å². The van der Waals surface area contributed by atoms with Crippen LogP contribution in [-0.2, 0) is 30.7 Å². The molecule has 1 aromatic carbocycles. The zero-order valence-electron chi connectivity index (χ0n) is 19.2. The van der Waals surface area contributed by atoms with E-state index < -0.39 is 39.1 Å². The number of terminal acetylenes is 1. The van der Waals surface area contributed by atoms with Gasteiger partial charge in [-0.05, 0) is 43.9 Å². The molecule has 0 bridgehead atoms. The highest BCUT2D eigenvalue weighted by atomic mass is 32.2. The van der Waals surface area contributed by atoms with Crippen LogP contribution in [0.4, 0.5) is 0 Å². The van der Waals surface area contributed by atoms with Crippen LogP contribution in [0.2, 0.25) is 0 Å². The van der Waals surface area contributed by atoms with Crippen molar-refractivity contribution < 1.29 is 27.5 Å². The Bertz CT molecular complexity index is 1310. The molecule has 0 radical (unpaired) electrons. The van der Waals surface area contributed by atoms with E-state index in [1.165, 1.54) is 4.90 Å². The van der Waals surface area contributed by atoms with Gasteiger partial charge in [-0.25, -0.2) is 13.2 Å². The Morgan fingerprint density at radius 2 is 1.94 bits per heavy atom. The third-order valence-electron chi connectivity index (χ3n) is 5.49. The normalized spacial score (nSPS) is 15.3. The fraction of sp³-hybridized carbons (Fsp3) is 0.478. The van der Waals surface area contributed by atoms with Gasteiger partial charge in [-0.2, -0.15) is 4.99 Å². The molecule has 1 saturated heterocycles. The maximum Gasteiger partial charge on any atom is 0.338 e. The quantitative estimate of drug-likeness (QED) is 0.417. The number of rotatable bonds is 7. The predicted octanol–water partition coefficient (Wildman–Crippen LogP) is 1.61. The molecule has 2 heterocycles. The zero-order chi connectivity index (χ0) is 24.9. The van der Waals surface area contributed by atoms with E-state index in [0.29, 0.717) is 34.8 Å². The number of piperidine rings is 1. The number of hydrogen-bond donors (Lipinski definition) is 0. The van der Waals surface area contributed by atoms with Gasteiger partial charge in [0.25, 0.3) is 5.91 Å². The molecule has 2 amide bonds. The molecule has 9 nitrogen and oxygen atoms in total. The Morgan fingerprint density at radius 3 is 2.59 bits per heavy atom. The summed E-state index contributed by atoms with van der Waals surface area (Å²) in [5.41, 5.74) is 0.995. The summed E-state index contributed by atoms with van der Waals surface area (Å²) in [6.45, 7) is 5.19. The summed E-state index contributed by atoms with van der Waals surface area (Å²) >= 11 is 1.11. The Labute approximate surface area is 202 Å². The van der Waals surface area contributed by atoms with Crippen LogP contribution in [0.15, 0.2) is 23.2 Å². The van der Waals surface area contributed by atoms with E-state index >= 15 is 0 Å². The zero-order valence-corrected chi connectivity index (χ0v) is 20.8. The molecule has 11 heteroatoms. The first-order valence-electron chi connectivity index (χ1n) is 10.9. The van der Waals surface area contributed by atoms with E-state index in [-0.39, 0.29) is 18.0 Å². The average molecular weight is 506 g/mol. The van der Waals surface area contributed by atoms with Crippen molar-refractivity contribution in [3.05, 3.63) is 28.6 Å². The number of sulfone groups is 1. The summed E-state index contributed by atoms with van der Waals surface area (Å²) < 4.78 is 32.2. The number of ether oxygens (including phenoxy) is 1. The van der Waals surface area contributed by atoms with Crippen molar-refractivity contribution in [3.63, 3.8) is 0 Å². The van der Waals surface area contributed by atoms with E-state index in [1.54, 1.807) is 29.7 Å². The third-order valence-corrected chi connectivity index (χ3v) is 7.90. The maximum absolute atomic E-state index is 12.5. The van der Waals surface area contributed by atoms with Crippen LogP contribution in [0.1, 0.15) is 37.0 Å². The van der Waals surface area contributed by atoms with Crippen molar-refractivity contribution in [2.45, 2.75) is 33.2 Å². The minimum Gasteiger partial charge on any atom is -0.462 e. The van der Waals surface area contributed by atoms with Crippen molar-refractivity contribution in [3.8, 4) is 12.3 Å². The Balaban J connectivity index is 1.81. The van der Waals surface area contributed by atoms with Gasteiger partial charge in [0, 0.05) is 13.1 Å². The van der Waals surface area contributed by atoms with Gasteiger partial charge in [0.1, 0.15) is 11.5 Å². The number of benzene rings is 1. The fourth-order valence-electron chi connectivity index (χ4n) is 3.66. The van der Waals surface area contributed by atoms with Crippen molar-refractivity contribution in [2.24, 2.45) is 10.9 Å². The van der Waals surface area contributed by atoms with E-state index in [0.717, 1.165) is 24.2 Å². The minimum absolute atomic E-state index is 0.101. The van der Waals surface area contributed by atoms with E-state index in [4.69, 9.17) is 11.2 Å². The maximum atomic E-state index is 12.5. The smallest absolute Gasteiger partial charge is 0.338 e. The molecule has 1 aromatic heterocycles. The van der Waals surface area contributed by atoms with Crippen LogP contribution in [0.25, 0.3) is 10.2 Å². The van der Waals surface area contributed by atoms with Crippen molar-refractivity contribution in [2.75, 3.05) is 31.2 Å². The second-order valence-corrected chi connectivity index (χ2v) is 11.3. The number of nitrogens with zero attached hydrogens (tertiary/aromatic N) is 3. The van der Waals surface area contributed by atoms with Gasteiger partial charge in [-0.15, -0.1) is 6.42 Å². The van der Waals surface area contributed by atoms with Gasteiger partial charge >= 0.3 is 5.97 Å². The molecule has 2 aromatic rings. The van der Waals surface area contributed by atoms with Gasteiger partial charge in [0.2, 0.25) is 5.91 Å². The molecular weight excluding hydrogens is 478 g/mol. The van der Waals surface area contributed by atoms with Crippen LogP contribution in [0, 0.1) is 18.3 Å². The number of amides is 2. The largest absolute Gasteiger partial charge is 0.462 e. The summed E-state index contributed by atoms with van der Waals surface area (Å²) in [6, 6.07) is 4.88. The SMILES string of the molecule is C#CCn1c(=NC(=O)CS(=O)(=O)CC(=O)N2CCC(C)CC2)sc2cc(C(=O)OCC)ccc21.